The van der Waals surface area contributed by atoms with E-state index in [4.69, 9.17) is 4.42 Å². The van der Waals surface area contributed by atoms with Crippen LogP contribution in [0.15, 0.2) is 27.1 Å². The van der Waals surface area contributed by atoms with Crippen LogP contribution >= 0.6 is 15.9 Å². The lowest BCUT2D eigenvalue weighted by Crippen LogP contribution is -2.19. The first-order chi connectivity index (χ1) is 7.79. The Morgan fingerprint density at radius 3 is 2.53 bits per heavy atom. The predicted octanol–water partition coefficient (Wildman–Crippen LogP) is 4.56. The van der Waals surface area contributed by atoms with E-state index in [2.05, 4.69) is 15.9 Å². The minimum Gasteiger partial charge on any atom is -0.453 e. The third-order valence-electron chi connectivity index (χ3n) is 2.46. The summed E-state index contributed by atoms with van der Waals surface area (Å²) in [5, 5.41) is 0.714. The molecule has 1 aromatic carbocycles. The van der Waals surface area contributed by atoms with Crippen molar-refractivity contribution in [3.05, 3.63) is 34.2 Å². The largest absolute Gasteiger partial charge is 0.453 e. The van der Waals surface area contributed by atoms with E-state index in [0.29, 0.717) is 15.4 Å². The number of Topliss-reactive ketones (excluding diaryl/α,β-unsaturated/α-hetero) is 1. The van der Waals surface area contributed by atoms with Gasteiger partial charge in [0.1, 0.15) is 11.4 Å². The highest BCUT2D eigenvalue weighted by Gasteiger charge is 2.26. The Bertz CT molecular complexity index is 554. The molecule has 0 amide bonds. The van der Waals surface area contributed by atoms with Crippen LogP contribution in [0.25, 0.3) is 11.0 Å². The highest BCUT2D eigenvalue weighted by Crippen LogP contribution is 2.29. The first kappa shape index (κ1) is 12.3. The topological polar surface area (TPSA) is 30.2 Å². The molecule has 4 heteroatoms. The van der Waals surface area contributed by atoms with E-state index in [9.17, 15) is 9.18 Å². The van der Waals surface area contributed by atoms with E-state index >= 15 is 0 Å². The van der Waals surface area contributed by atoms with Crippen LogP contribution in [0.1, 0.15) is 31.3 Å². The lowest BCUT2D eigenvalue weighted by Gasteiger charge is -2.13. The Hall–Kier alpha value is -1.16. The summed E-state index contributed by atoms with van der Waals surface area (Å²) in [7, 11) is 0. The molecular formula is C13H12BrFO2. The van der Waals surface area contributed by atoms with E-state index in [-0.39, 0.29) is 11.5 Å². The molecule has 0 radical (unpaired) electrons. The molecule has 0 bridgehead atoms. The Balaban J connectivity index is 2.56. The molecule has 0 fully saturated rings. The van der Waals surface area contributed by atoms with Crippen LogP contribution in [0.5, 0.6) is 0 Å². The summed E-state index contributed by atoms with van der Waals surface area (Å²) >= 11 is 3.10. The highest BCUT2D eigenvalue weighted by molar-refractivity contribution is 9.10. The number of fused-ring (bicyclic) bond motifs is 1. The van der Waals surface area contributed by atoms with Crippen molar-refractivity contribution in [3.8, 4) is 0 Å². The normalized spacial score (nSPS) is 12.1. The SMILES string of the molecule is CC(C)(C)C(=O)c1cc2cc(Br)c(F)cc2o1. The van der Waals surface area contributed by atoms with Gasteiger partial charge in [0.2, 0.25) is 5.78 Å². The van der Waals surface area contributed by atoms with Gasteiger partial charge < -0.3 is 4.42 Å². The zero-order valence-corrected chi connectivity index (χ0v) is 11.4. The fourth-order valence-corrected chi connectivity index (χ4v) is 1.88. The van der Waals surface area contributed by atoms with Crippen molar-refractivity contribution in [2.75, 3.05) is 0 Å². The summed E-state index contributed by atoms with van der Waals surface area (Å²) in [5.74, 6) is -0.225. The first-order valence-corrected chi connectivity index (χ1v) is 6.02. The third-order valence-corrected chi connectivity index (χ3v) is 3.07. The van der Waals surface area contributed by atoms with Gasteiger partial charge in [-0.2, -0.15) is 0 Å². The van der Waals surface area contributed by atoms with Crippen LogP contribution in [0, 0.1) is 11.2 Å². The molecule has 0 saturated carbocycles. The Morgan fingerprint density at radius 1 is 1.29 bits per heavy atom. The second kappa shape index (κ2) is 3.95. The zero-order valence-electron chi connectivity index (χ0n) is 9.80. The van der Waals surface area contributed by atoms with Crippen LogP contribution in [-0.2, 0) is 0 Å². The number of carbonyl (C=O) groups is 1. The lowest BCUT2D eigenvalue weighted by molar-refractivity contribution is 0.0831. The fourth-order valence-electron chi connectivity index (χ4n) is 1.52. The van der Waals surface area contributed by atoms with E-state index in [1.807, 2.05) is 20.8 Å². The molecule has 0 aliphatic rings. The number of rotatable bonds is 1. The van der Waals surface area contributed by atoms with Crippen LogP contribution in [0.4, 0.5) is 4.39 Å². The fraction of sp³-hybridized carbons (Fsp3) is 0.308. The van der Waals surface area contributed by atoms with Gasteiger partial charge in [-0.05, 0) is 28.1 Å². The molecule has 1 heterocycles. The average molecular weight is 299 g/mol. The maximum absolute atomic E-state index is 13.3. The van der Waals surface area contributed by atoms with Gasteiger partial charge >= 0.3 is 0 Å². The molecule has 0 unspecified atom stereocenters. The molecule has 2 aromatic rings. The van der Waals surface area contributed by atoms with Gasteiger partial charge in [0.15, 0.2) is 5.76 Å². The molecule has 0 N–H and O–H groups in total. The zero-order chi connectivity index (χ0) is 12.8. The van der Waals surface area contributed by atoms with Crippen molar-refractivity contribution < 1.29 is 13.6 Å². The quantitative estimate of drug-likeness (QED) is 0.722. The van der Waals surface area contributed by atoms with Crippen LogP contribution in [0.2, 0.25) is 0 Å². The van der Waals surface area contributed by atoms with Gasteiger partial charge in [-0.25, -0.2) is 4.39 Å². The number of furan rings is 1. The van der Waals surface area contributed by atoms with Crippen molar-refractivity contribution in [2.24, 2.45) is 5.41 Å². The molecule has 0 saturated heterocycles. The predicted molar refractivity (Wildman–Crippen MR) is 67.7 cm³/mol. The monoisotopic (exact) mass is 298 g/mol. The molecule has 0 spiro atoms. The number of hydrogen-bond donors (Lipinski definition) is 0. The number of carbonyl (C=O) groups excluding carboxylic acids is 1. The van der Waals surface area contributed by atoms with Crippen molar-refractivity contribution in [3.63, 3.8) is 0 Å². The van der Waals surface area contributed by atoms with Gasteiger partial charge in [0, 0.05) is 16.9 Å². The second-order valence-electron chi connectivity index (χ2n) is 4.99. The Labute approximate surface area is 107 Å². The summed E-state index contributed by atoms with van der Waals surface area (Å²) in [6.07, 6.45) is 0. The maximum atomic E-state index is 13.3. The maximum Gasteiger partial charge on any atom is 0.203 e. The van der Waals surface area contributed by atoms with Crippen molar-refractivity contribution >= 4 is 32.7 Å². The molecule has 0 atom stereocenters. The highest BCUT2D eigenvalue weighted by atomic mass is 79.9. The summed E-state index contributed by atoms with van der Waals surface area (Å²) in [5.41, 5.74) is -0.123. The molecule has 2 nitrogen and oxygen atoms in total. The number of ketones is 1. The lowest BCUT2D eigenvalue weighted by atomic mass is 9.89. The van der Waals surface area contributed by atoms with Crippen LogP contribution < -0.4 is 0 Å². The minimum absolute atomic E-state index is 0.0924. The van der Waals surface area contributed by atoms with Gasteiger partial charge in [-0.3, -0.25) is 4.79 Å². The number of benzene rings is 1. The Morgan fingerprint density at radius 2 is 1.94 bits per heavy atom. The van der Waals surface area contributed by atoms with Gasteiger partial charge in [-0.1, -0.05) is 20.8 Å². The van der Waals surface area contributed by atoms with E-state index in [1.54, 1.807) is 12.1 Å². The minimum atomic E-state index is -0.510. The summed E-state index contributed by atoms with van der Waals surface area (Å²) in [4.78, 5) is 12.0. The van der Waals surface area contributed by atoms with E-state index in [1.165, 1.54) is 6.07 Å². The molecule has 0 aliphatic heterocycles. The third kappa shape index (κ3) is 2.27. The second-order valence-corrected chi connectivity index (χ2v) is 5.85. The molecule has 0 aliphatic carbocycles. The smallest absolute Gasteiger partial charge is 0.203 e. The molecule has 17 heavy (non-hydrogen) atoms. The molecular weight excluding hydrogens is 287 g/mol. The Kier molecular flexibility index (Phi) is 2.86. The van der Waals surface area contributed by atoms with Gasteiger partial charge in [-0.15, -0.1) is 0 Å². The summed E-state index contributed by atoms with van der Waals surface area (Å²) in [6.45, 7) is 5.46. The van der Waals surface area contributed by atoms with E-state index < -0.39 is 11.2 Å². The summed E-state index contributed by atoms with van der Waals surface area (Å²) in [6, 6.07) is 4.53. The van der Waals surface area contributed by atoms with Crippen LogP contribution in [0.3, 0.4) is 0 Å². The average Bonchev–Trinajstić information content (AvgIpc) is 2.59. The van der Waals surface area contributed by atoms with Crippen LogP contribution in [-0.4, -0.2) is 5.78 Å². The van der Waals surface area contributed by atoms with Gasteiger partial charge in [0.25, 0.3) is 0 Å². The summed E-state index contributed by atoms with van der Waals surface area (Å²) < 4.78 is 19.0. The number of halogens is 2. The first-order valence-electron chi connectivity index (χ1n) is 5.22. The molecule has 2 rings (SSSR count). The van der Waals surface area contributed by atoms with E-state index in [0.717, 1.165) is 0 Å². The van der Waals surface area contributed by atoms with Gasteiger partial charge in [0.05, 0.1) is 4.47 Å². The molecule has 1 aromatic heterocycles. The number of hydrogen-bond acceptors (Lipinski definition) is 2. The standard InChI is InChI=1S/C13H12BrFO2/c1-13(2,3)12(16)11-5-7-4-8(14)9(15)6-10(7)17-11/h4-6H,1-3H3. The van der Waals surface area contributed by atoms with Crippen molar-refractivity contribution in [1.29, 1.82) is 0 Å². The van der Waals surface area contributed by atoms with Crippen molar-refractivity contribution in [1.82, 2.24) is 0 Å². The van der Waals surface area contributed by atoms with Crippen molar-refractivity contribution in [2.45, 2.75) is 20.8 Å². The molecule has 90 valence electrons.